The van der Waals surface area contributed by atoms with Crippen molar-refractivity contribution in [3.05, 3.63) is 0 Å². The molecule has 0 aliphatic carbocycles. The minimum Gasteiger partial charge on any atom is -0.396 e. The highest BCUT2D eigenvalue weighted by Crippen LogP contribution is 2.21. The van der Waals surface area contributed by atoms with E-state index >= 15 is 0 Å². The molecule has 0 saturated heterocycles. The van der Waals surface area contributed by atoms with Gasteiger partial charge in [-0.25, -0.2) is 0 Å². The molecule has 25 heavy (non-hydrogen) atoms. The van der Waals surface area contributed by atoms with Crippen molar-refractivity contribution in [1.82, 2.24) is 0 Å². The van der Waals surface area contributed by atoms with Gasteiger partial charge in [-0.3, -0.25) is 0 Å². The van der Waals surface area contributed by atoms with Crippen molar-refractivity contribution in [2.24, 2.45) is 11.8 Å². The van der Waals surface area contributed by atoms with Crippen molar-refractivity contribution in [1.29, 1.82) is 0 Å². The van der Waals surface area contributed by atoms with Crippen LogP contribution in [0.5, 0.6) is 0 Å². The molecule has 0 aromatic carbocycles. The zero-order chi connectivity index (χ0) is 19.7. The normalized spacial score (nSPS) is 22.1. The lowest BCUT2D eigenvalue weighted by molar-refractivity contribution is -0.255. The minimum atomic E-state index is -1.96. The van der Waals surface area contributed by atoms with E-state index in [0.29, 0.717) is 0 Å². The van der Waals surface area contributed by atoms with Crippen LogP contribution in [0.2, 0.25) is 0 Å². The first-order valence-electron chi connectivity index (χ1n) is 8.52. The van der Waals surface area contributed by atoms with Crippen molar-refractivity contribution in [3.63, 3.8) is 0 Å². The average Bonchev–Trinajstić information content (AvgIpc) is 2.55. The molecule has 0 aliphatic heterocycles. The number of rotatable bonds is 13. The zero-order valence-corrected chi connectivity index (χ0v) is 15.0. The van der Waals surface area contributed by atoms with Gasteiger partial charge in [0.15, 0.2) is 6.29 Å². The number of aliphatic hydroxyl groups excluding tert-OH is 8. The lowest BCUT2D eigenvalue weighted by Crippen LogP contribution is -2.52. The van der Waals surface area contributed by atoms with Crippen molar-refractivity contribution in [3.8, 4) is 0 Å². The summed E-state index contributed by atoms with van der Waals surface area (Å²) in [6.07, 6.45) is -10.9. The first kappa shape index (κ1) is 24.6. The molecule has 0 saturated carbocycles. The summed E-state index contributed by atoms with van der Waals surface area (Å²) < 4.78 is 5.12. The highest BCUT2D eigenvalue weighted by atomic mass is 16.6. The molecule has 9 heteroatoms. The fourth-order valence-corrected chi connectivity index (χ4v) is 2.46. The van der Waals surface area contributed by atoms with Crippen LogP contribution in [0.3, 0.4) is 0 Å². The predicted molar refractivity (Wildman–Crippen MR) is 88.3 cm³/mol. The Morgan fingerprint density at radius 1 is 0.760 bits per heavy atom. The van der Waals surface area contributed by atoms with Crippen LogP contribution in [0.25, 0.3) is 0 Å². The zero-order valence-electron chi connectivity index (χ0n) is 15.0. The fourth-order valence-electron chi connectivity index (χ4n) is 2.46. The number of aliphatic hydroxyl groups is 8. The van der Waals surface area contributed by atoms with E-state index in [1.165, 1.54) is 0 Å². The van der Waals surface area contributed by atoms with Crippen LogP contribution in [-0.2, 0) is 4.74 Å². The van der Waals surface area contributed by atoms with Crippen molar-refractivity contribution in [2.45, 2.75) is 76.5 Å². The molecular formula is C16H34O9. The summed E-state index contributed by atoms with van der Waals surface area (Å²) in [5.41, 5.74) is 0. The quantitative estimate of drug-likeness (QED) is 0.164. The maximum atomic E-state index is 10.2. The van der Waals surface area contributed by atoms with E-state index in [2.05, 4.69) is 0 Å². The van der Waals surface area contributed by atoms with E-state index in [-0.39, 0.29) is 25.4 Å². The van der Waals surface area contributed by atoms with Gasteiger partial charge in [-0.05, 0) is 24.7 Å². The number of hydrogen-bond donors (Lipinski definition) is 8. The summed E-state index contributed by atoms with van der Waals surface area (Å²) in [5, 5.41) is 77.6. The largest absolute Gasteiger partial charge is 0.396 e. The summed E-state index contributed by atoms with van der Waals surface area (Å²) in [4.78, 5) is 0. The molecule has 0 aromatic heterocycles. The van der Waals surface area contributed by atoms with Gasteiger partial charge in [0.25, 0.3) is 0 Å². The molecule has 152 valence electrons. The smallest absolute Gasteiger partial charge is 0.183 e. The second kappa shape index (κ2) is 12.1. The molecule has 0 rings (SSSR count). The standard InChI is InChI=1S/C16H34O9/c1-8(2)6-10(19)15(13(22)11(20)7-18)25-16(24)14(23)12(21)9(3)4-5-17/h8-24H,4-7H2,1-3H3. The van der Waals surface area contributed by atoms with E-state index in [9.17, 15) is 30.6 Å². The molecule has 8 unspecified atom stereocenters. The number of ether oxygens (including phenoxy) is 1. The van der Waals surface area contributed by atoms with Gasteiger partial charge in [-0.15, -0.1) is 0 Å². The molecule has 0 spiro atoms. The molecule has 8 atom stereocenters. The highest BCUT2D eigenvalue weighted by molar-refractivity contribution is 4.85. The first-order valence-corrected chi connectivity index (χ1v) is 8.52. The summed E-state index contributed by atoms with van der Waals surface area (Å²) in [7, 11) is 0. The van der Waals surface area contributed by atoms with E-state index in [0.717, 1.165) is 0 Å². The topological polar surface area (TPSA) is 171 Å². The molecule has 0 radical (unpaired) electrons. The molecule has 0 amide bonds. The van der Waals surface area contributed by atoms with Gasteiger partial charge >= 0.3 is 0 Å². The predicted octanol–water partition coefficient (Wildman–Crippen LogP) is -2.45. The van der Waals surface area contributed by atoms with Gasteiger partial charge in [0.1, 0.15) is 24.4 Å². The number of hydrogen-bond acceptors (Lipinski definition) is 9. The van der Waals surface area contributed by atoms with Crippen molar-refractivity contribution in [2.75, 3.05) is 13.2 Å². The summed E-state index contributed by atoms with van der Waals surface area (Å²) in [6, 6.07) is 0. The van der Waals surface area contributed by atoms with Crippen LogP contribution in [0, 0.1) is 11.8 Å². The van der Waals surface area contributed by atoms with Crippen LogP contribution < -0.4 is 0 Å². The van der Waals surface area contributed by atoms with Crippen LogP contribution >= 0.6 is 0 Å². The van der Waals surface area contributed by atoms with Gasteiger partial charge in [0, 0.05) is 6.61 Å². The van der Waals surface area contributed by atoms with Crippen molar-refractivity contribution < 1.29 is 45.6 Å². The Balaban J connectivity index is 5.08. The summed E-state index contributed by atoms with van der Waals surface area (Å²) in [6.45, 7) is 4.18. The Morgan fingerprint density at radius 2 is 1.32 bits per heavy atom. The Bertz CT molecular complexity index is 342. The molecular weight excluding hydrogens is 336 g/mol. The lowest BCUT2D eigenvalue weighted by atomic mass is 9.95. The molecule has 9 nitrogen and oxygen atoms in total. The average molecular weight is 370 g/mol. The van der Waals surface area contributed by atoms with E-state index in [1.807, 2.05) is 0 Å². The van der Waals surface area contributed by atoms with Gasteiger partial charge in [0.05, 0.1) is 18.8 Å². The van der Waals surface area contributed by atoms with Crippen LogP contribution in [0.15, 0.2) is 0 Å². The van der Waals surface area contributed by atoms with E-state index in [4.69, 9.17) is 14.9 Å². The van der Waals surface area contributed by atoms with Gasteiger partial charge < -0.3 is 45.6 Å². The molecule has 0 heterocycles. The lowest BCUT2D eigenvalue weighted by Gasteiger charge is -2.35. The van der Waals surface area contributed by atoms with Gasteiger partial charge in [0.2, 0.25) is 0 Å². The van der Waals surface area contributed by atoms with Crippen LogP contribution in [0.4, 0.5) is 0 Å². The summed E-state index contributed by atoms with van der Waals surface area (Å²) in [5.74, 6) is -0.526. The SMILES string of the molecule is CC(C)CC(O)C(OC(O)C(O)C(O)C(C)CCO)C(O)C(O)CO. The third-order valence-electron chi connectivity index (χ3n) is 4.12. The molecule has 8 N–H and O–H groups in total. The van der Waals surface area contributed by atoms with Crippen molar-refractivity contribution >= 4 is 0 Å². The van der Waals surface area contributed by atoms with E-state index in [1.54, 1.807) is 20.8 Å². The monoisotopic (exact) mass is 370 g/mol. The van der Waals surface area contributed by atoms with Crippen LogP contribution in [-0.4, -0.2) is 97.0 Å². The van der Waals surface area contributed by atoms with Gasteiger partial charge in [-0.2, -0.15) is 0 Å². The second-order valence-corrected chi connectivity index (χ2v) is 6.90. The molecule has 0 fully saturated rings. The van der Waals surface area contributed by atoms with Gasteiger partial charge in [-0.1, -0.05) is 20.8 Å². The Kier molecular flexibility index (Phi) is 11.9. The maximum Gasteiger partial charge on any atom is 0.183 e. The first-order chi connectivity index (χ1) is 11.6. The molecule has 0 bridgehead atoms. The third kappa shape index (κ3) is 8.25. The van der Waals surface area contributed by atoms with Crippen LogP contribution in [0.1, 0.15) is 33.6 Å². The third-order valence-corrected chi connectivity index (χ3v) is 4.12. The maximum absolute atomic E-state index is 10.2. The fraction of sp³-hybridized carbons (Fsp3) is 1.00. The Labute approximate surface area is 148 Å². The Morgan fingerprint density at radius 3 is 1.76 bits per heavy atom. The molecule has 0 aromatic rings. The Hall–Kier alpha value is -0.360. The summed E-state index contributed by atoms with van der Waals surface area (Å²) >= 11 is 0. The minimum absolute atomic E-state index is 0.0109. The molecule has 0 aliphatic rings. The highest BCUT2D eigenvalue weighted by Gasteiger charge is 2.38. The van der Waals surface area contributed by atoms with E-state index < -0.39 is 55.4 Å². The second-order valence-electron chi connectivity index (χ2n) is 6.90.